The third kappa shape index (κ3) is 3.60. The minimum absolute atomic E-state index is 0.249. The maximum absolute atomic E-state index is 9.50. The van der Waals surface area contributed by atoms with Gasteiger partial charge in [-0.05, 0) is 12.8 Å². The first-order chi connectivity index (χ1) is 9.63. The van der Waals surface area contributed by atoms with Gasteiger partial charge in [0.25, 0.3) is 0 Å². The Morgan fingerprint density at radius 3 is 2.60 bits per heavy atom. The molecule has 1 fully saturated rings. The Hall–Kier alpha value is -1.36. The van der Waals surface area contributed by atoms with E-state index >= 15 is 0 Å². The molecule has 1 aliphatic rings. The smallest absolute Gasteiger partial charge is 0.135 e. The lowest BCUT2D eigenvalue weighted by Crippen LogP contribution is -2.34. The predicted molar refractivity (Wildman–Crippen MR) is 82.1 cm³/mol. The molecule has 1 aromatic heterocycles. The van der Waals surface area contributed by atoms with Gasteiger partial charge in [0.15, 0.2) is 0 Å². The largest absolute Gasteiger partial charge is 0.396 e. The van der Waals surface area contributed by atoms with Crippen molar-refractivity contribution in [2.24, 2.45) is 5.92 Å². The lowest BCUT2D eigenvalue weighted by molar-refractivity contribution is 0.178. The number of aliphatic hydroxyl groups excluding tert-OH is 1. The molecule has 1 heterocycles. The second kappa shape index (κ2) is 6.88. The Labute approximate surface area is 121 Å². The van der Waals surface area contributed by atoms with Gasteiger partial charge in [-0.1, -0.05) is 26.7 Å². The number of nitrogens with one attached hydrogen (secondary N) is 2. The third-order valence-electron chi connectivity index (χ3n) is 3.99. The molecule has 2 rings (SSSR count). The summed E-state index contributed by atoms with van der Waals surface area (Å²) in [5.41, 5.74) is 0. The van der Waals surface area contributed by atoms with Crippen molar-refractivity contribution in [3.05, 3.63) is 11.9 Å². The molecule has 112 valence electrons. The number of hydrogen-bond donors (Lipinski definition) is 3. The van der Waals surface area contributed by atoms with Crippen LogP contribution < -0.4 is 10.6 Å². The first-order valence-electron chi connectivity index (χ1n) is 7.58. The molecule has 2 unspecified atom stereocenters. The average Bonchev–Trinajstić information content (AvgIpc) is 2.47. The van der Waals surface area contributed by atoms with E-state index in [0.29, 0.717) is 17.9 Å². The van der Waals surface area contributed by atoms with Gasteiger partial charge in [0, 0.05) is 37.6 Å². The Kier molecular flexibility index (Phi) is 5.17. The van der Waals surface area contributed by atoms with Crippen molar-refractivity contribution in [3.8, 4) is 0 Å². The van der Waals surface area contributed by atoms with Gasteiger partial charge in [0.05, 0.1) is 0 Å². The van der Waals surface area contributed by atoms with Crippen LogP contribution in [0.1, 0.15) is 51.3 Å². The number of aliphatic hydroxyl groups is 1. The number of anilines is 2. The molecule has 0 spiro atoms. The molecule has 0 saturated heterocycles. The molecular formula is C15H26N4O. The molecule has 1 saturated carbocycles. The monoisotopic (exact) mass is 278 g/mol. The summed E-state index contributed by atoms with van der Waals surface area (Å²) in [4.78, 5) is 9.07. The fourth-order valence-corrected chi connectivity index (χ4v) is 2.73. The Balaban J connectivity index is 2.16. The van der Waals surface area contributed by atoms with Crippen LogP contribution in [-0.4, -0.2) is 34.8 Å². The summed E-state index contributed by atoms with van der Waals surface area (Å²) in [6.07, 6.45) is 4.62. The molecule has 2 atom stereocenters. The number of nitrogens with zero attached hydrogens (tertiary/aromatic N) is 2. The van der Waals surface area contributed by atoms with Crippen LogP contribution in [0.5, 0.6) is 0 Å². The molecular weight excluding hydrogens is 252 g/mol. The summed E-state index contributed by atoms with van der Waals surface area (Å²) in [6, 6.07) is 2.25. The van der Waals surface area contributed by atoms with Crippen molar-refractivity contribution in [3.63, 3.8) is 0 Å². The molecule has 0 amide bonds. The summed E-state index contributed by atoms with van der Waals surface area (Å²) in [6.45, 7) is 4.43. The Bertz CT molecular complexity index is 436. The number of hydrogen-bond acceptors (Lipinski definition) is 5. The minimum atomic E-state index is 0.249. The molecule has 0 bridgehead atoms. The van der Waals surface area contributed by atoms with Crippen molar-refractivity contribution >= 4 is 11.6 Å². The van der Waals surface area contributed by atoms with E-state index in [1.807, 2.05) is 13.1 Å². The second-order valence-electron chi connectivity index (χ2n) is 5.88. The highest BCUT2D eigenvalue weighted by atomic mass is 16.3. The van der Waals surface area contributed by atoms with Crippen molar-refractivity contribution in [2.75, 3.05) is 24.3 Å². The lowest BCUT2D eigenvalue weighted by Gasteiger charge is -2.31. The van der Waals surface area contributed by atoms with Gasteiger partial charge in [-0.3, -0.25) is 0 Å². The van der Waals surface area contributed by atoms with E-state index in [0.717, 1.165) is 30.3 Å². The third-order valence-corrected chi connectivity index (χ3v) is 3.99. The fourth-order valence-electron chi connectivity index (χ4n) is 2.73. The molecule has 3 N–H and O–H groups in total. The quantitative estimate of drug-likeness (QED) is 0.772. The van der Waals surface area contributed by atoms with Crippen LogP contribution in [0, 0.1) is 5.92 Å². The van der Waals surface area contributed by atoms with Gasteiger partial charge in [0.2, 0.25) is 0 Å². The predicted octanol–water partition coefficient (Wildman–Crippen LogP) is 2.60. The zero-order valence-corrected chi connectivity index (χ0v) is 12.7. The maximum atomic E-state index is 9.50. The maximum Gasteiger partial charge on any atom is 0.135 e. The van der Waals surface area contributed by atoms with Gasteiger partial charge < -0.3 is 15.7 Å². The van der Waals surface area contributed by atoms with Crippen molar-refractivity contribution in [1.82, 2.24) is 9.97 Å². The molecule has 0 radical (unpaired) electrons. The van der Waals surface area contributed by atoms with E-state index in [2.05, 4.69) is 34.4 Å². The van der Waals surface area contributed by atoms with Gasteiger partial charge in [0.1, 0.15) is 17.5 Å². The molecule has 5 nitrogen and oxygen atoms in total. The summed E-state index contributed by atoms with van der Waals surface area (Å²) in [5.74, 6) is 3.17. The van der Waals surface area contributed by atoms with E-state index in [-0.39, 0.29) is 6.61 Å². The summed E-state index contributed by atoms with van der Waals surface area (Å²) < 4.78 is 0. The lowest BCUT2D eigenvalue weighted by atomic mass is 9.85. The summed E-state index contributed by atoms with van der Waals surface area (Å²) >= 11 is 0. The Morgan fingerprint density at radius 1 is 1.25 bits per heavy atom. The average molecular weight is 278 g/mol. The van der Waals surface area contributed by atoms with Gasteiger partial charge in [-0.25, -0.2) is 9.97 Å². The number of rotatable bonds is 5. The molecule has 20 heavy (non-hydrogen) atoms. The van der Waals surface area contributed by atoms with Crippen LogP contribution in [0.3, 0.4) is 0 Å². The summed E-state index contributed by atoms with van der Waals surface area (Å²) in [7, 11) is 1.87. The highest BCUT2D eigenvalue weighted by molar-refractivity contribution is 5.48. The van der Waals surface area contributed by atoms with Crippen LogP contribution >= 0.6 is 0 Å². The molecule has 0 aromatic carbocycles. The SMILES string of the molecule is CNc1cc(NC2CCCCC2CO)nc(C(C)C)n1. The Morgan fingerprint density at radius 2 is 1.95 bits per heavy atom. The van der Waals surface area contributed by atoms with Crippen molar-refractivity contribution < 1.29 is 5.11 Å². The van der Waals surface area contributed by atoms with Crippen LogP contribution in [0.25, 0.3) is 0 Å². The number of aromatic nitrogens is 2. The van der Waals surface area contributed by atoms with Crippen LogP contribution in [-0.2, 0) is 0 Å². The van der Waals surface area contributed by atoms with E-state index < -0.39 is 0 Å². The first-order valence-corrected chi connectivity index (χ1v) is 7.58. The van der Waals surface area contributed by atoms with Crippen molar-refractivity contribution in [1.29, 1.82) is 0 Å². The van der Waals surface area contributed by atoms with Gasteiger partial charge in [-0.15, -0.1) is 0 Å². The van der Waals surface area contributed by atoms with E-state index in [1.165, 1.54) is 12.8 Å². The van der Waals surface area contributed by atoms with E-state index in [1.54, 1.807) is 0 Å². The topological polar surface area (TPSA) is 70.1 Å². The normalized spacial score (nSPS) is 22.9. The zero-order chi connectivity index (χ0) is 14.5. The fraction of sp³-hybridized carbons (Fsp3) is 0.733. The molecule has 1 aromatic rings. The minimum Gasteiger partial charge on any atom is -0.396 e. The van der Waals surface area contributed by atoms with Crippen LogP contribution in [0.4, 0.5) is 11.6 Å². The van der Waals surface area contributed by atoms with Gasteiger partial charge >= 0.3 is 0 Å². The molecule has 5 heteroatoms. The van der Waals surface area contributed by atoms with E-state index in [4.69, 9.17) is 0 Å². The van der Waals surface area contributed by atoms with Crippen LogP contribution in [0.2, 0.25) is 0 Å². The standard InChI is InChI=1S/C15H26N4O/c1-10(2)15-18-13(16-3)8-14(19-15)17-12-7-5-4-6-11(12)9-20/h8,10-12,20H,4-7,9H2,1-3H3,(H2,16,17,18,19). The summed E-state index contributed by atoms with van der Waals surface area (Å²) in [5, 5.41) is 16.1. The zero-order valence-electron chi connectivity index (χ0n) is 12.7. The van der Waals surface area contributed by atoms with Gasteiger partial charge in [-0.2, -0.15) is 0 Å². The first kappa shape index (κ1) is 15.0. The highest BCUT2D eigenvalue weighted by Crippen LogP contribution is 2.27. The van der Waals surface area contributed by atoms with E-state index in [9.17, 15) is 5.11 Å². The molecule has 1 aliphatic carbocycles. The van der Waals surface area contributed by atoms with Crippen molar-refractivity contribution in [2.45, 2.75) is 51.5 Å². The molecule has 0 aliphatic heterocycles. The highest BCUT2D eigenvalue weighted by Gasteiger charge is 2.25. The second-order valence-corrected chi connectivity index (χ2v) is 5.88. The van der Waals surface area contributed by atoms with Crippen LogP contribution in [0.15, 0.2) is 6.07 Å².